The maximum atomic E-state index is 12.4. The Hall–Kier alpha value is -2.74. The van der Waals surface area contributed by atoms with E-state index in [-0.39, 0.29) is 5.91 Å². The van der Waals surface area contributed by atoms with Crippen molar-refractivity contribution in [2.24, 2.45) is 0 Å². The van der Waals surface area contributed by atoms with Gasteiger partial charge in [-0.15, -0.1) is 5.10 Å². The highest BCUT2D eigenvalue weighted by molar-refractivity contribution is 5.91. The number of benzene rings is 1. The number of imidazole rings is 1. The first kappa shape index (κ1) is 16.7. The van der Waals surface area contributed by atoms with Crippen molar-refractivity contribution in [1.29, 1.82) is 0 Å². The minimum atomic E-state index is -0.188. The van der Waals surface area contributed by atoms with Crippen LogP contribution >= 0.6 is 0 Å². The molecule has 2 aromatic heterocycles. The summed E-state index contributed by atoms with van der Waals surface area (Å²) >= 11 is 0. The van der Waals surface area contributed by atoms with Crippen LogP contribution in [0.25, 0.3) is 11.0 Å². The second-order valence-corrected chi connectivity index (χ2v) is 6.62. The van der Waals surface area contributed by atoms with Crippen LogP contribution in [0.1, 0.15) is 35.2 Å². The molecule has 0 radical (unpaired) electrons. The minimum absolute atomic E-state index is 0.188. The Bertz CT molecular complexity index is 907. The van der Waals surface area contributed by atoms with Gasteiger partial charge in [-0.1, -0.05) is 17.3 Å². The van der Waals surface area contributed by atoms with Crippen molar-refractivity contribution >= 4 is 16.9 Å². The predicted octanol–water partition coefficient (Wildman–Crippen LogP) is 1.29. The number of carbonyl (C=O) groups excluding carboxylic acids is 1. The lowest BCUT2D eigenvalue weighted by Gasteiger charge is -2.22. The SMILES string of the molecule is Cc1nc2ccccc2n1CCNC(=O)c1cn(C2CCNCC2)nn1. The molecule has 0 saturated carbocycles. The van der Waals surface area contributed by atoms with Crippen LogP contribution in [0, 0.1) is 6.92 Å². The van der Waals surface area contributed by atoms with Gasteiger partial charge in [0.2, 0.25) is 0 Å². The molecule has 0 unspecified atom stereocenters. The first-order chi connectivity index (χ1) is 12.7. The molecule has 1 fully saturated rings. The molecule has 1 aliphatic rings. The molecular weight excluding hydrogens is 330 g/mol. The molecule has 136 valence electrons. The van der Waals surface area contributed by atoms with E-state index in [2.05, 4.69) is 30.5 Å². The first-order valence-corrected chi connectivity index (χ1v) is 9.05. The van der Waals surface area contributed by atoms with Gasteiger partial charge in [-0.3, -0.25) is 4.79 Å². The molecule has 1 amide bonds. The molecule has 0 atom stereocenters. The lowest BCUT2D eigenvalue weighted by molar-refractivity contribution is 0.0947. The fourth-order valence-electron chi connectivity index (χ4n) is 3.48. The summed E-state index contributed by atoms with van der Waals surface area (Å²) in [7, 11) is 0. The van der Waals surface area contributed by atoms with E-state index in [4.69, 9.17) is 0 Å². The molecule has 1 saturated heterocycles. The zero-order valence-electron chi connectivity index (χ0n) is 14.9. The first-order valence-electron chi connectivity index (χ1n) is 9.05. The molecule has 8 heteroatoms. The van der Waals surface area contributed by atoms with Gasteiger partial charge in [0.25, 0.3) is 5.91 Å². The van der Waals surface area contributed by atoms with Crippen LogP contribution < -0.4 is 10.6 Å². The van der Waals surface area contributed by atoms with E-state index in [1.807, 2.05) is 35.9 Å². The zero-order valence-corrected chi connectivity index (χ0v) is 14.9. The van der Waals surface area contributed by atoms with Gasteiger partial charge in [0.05, 0.1) is 23.3 Å². The molecule has 0 bridgehead atoms. The number of hydrogen-bond acceptors (Lipinski definition) is 5. The van der Waals surface area contributed by atoms with Gasteiger partial charge in [0, 0.05) is 13.1 Å². The van der Waals surface area contributed by atoms with Crippen molar-refractivity contribution in [2.45, 2.75) is 32.4 Å². The molecule has 2 N–H and O–H groups in total. The second kappa shape index (κ2) is 7.25. The van der Waals surface area contributed by atoms with Gasteiger partial charge in [0.15, 0.2) is 5.69 Å². The van der Waals surface area contributed by atoms with Crippen molar-refractivity contribution in [3.8, 4) is 0 Å². The lowest BCUT2D eigenvalue weighted by Crippen LogP contribution is -2.29. The van der Waals surface area contributed by atoms with Crippen LogP contribution in [-0.4, -0.2) is 50.1 Å². The number of rotatable bonds is 5. The smallest absolute Gasteiger partial charge is 0.273 e. The fourth-order valence-corrected chi connectivity index (χ4v) is 3.48. The van der Waals surface area contributed by atoms with Crippen molar-refractivity contribution in [3.63, 3.8) is 0 Å². The van der Waals surface area contributed by atoms with Gasteiger partial charge in [-0.05, 0) is 45.0 Å². The largest absolute Gasteiger partial charge is 0.349 e. The molecule has 26 heavy (non-hydrogen) atoms. The van der Waals surface area contributed by atoms with Crippen molar-refractivity contribution in [3.05, 3.63) is 42.0 Å². The van der Waals surface area contributed by atoms with Crippen molar-refractivity contribution in [2.75, 3.05) is 19.6 Å². The maximum absolute atomic E-state index is 12.4. The average molecular weight is 353 g/mol. The molecule has 1 aromatic carbocycles. The summed E-state index contributed by atoms with van der Waals surface area (Å²) in [5.74, 6) is 0.754. The van der Waals surface area contributed by atoms with E-state index in [9.17, 15) is 4.79 Å². The number of hydrogen-bond donors (Lipinski definition) is 2. The zero-order chi connectivity index (χ0) is 17.9. The normalized spacial score (nSPS) is 15.4. The molecule has 3 aromatic rings. The Morgan fingerprint density at radius 2 is 2.12 bits per heavy atom. The van der Waals surface area contributed by atoms with Crippen molar-refractivity contribution < 1.29 is 4.79 Å². The Labute approximate surface area is 151 Å². The van der Waals surface area contributed by atoms with E-state index in [0.717, 1.165) is 42.8 Å². The van der Waals surface area contributed by atoms with E-state index >= 15 is 0 Å². The minimum Gasteiger partial charge on any atom is -0.349 e. The Kier molecular flexibility index (Phi) is 4.66. The number of carbonyl (C=O) groups is 1. The lowest BCUT2D eigenvalue weighted by atomic mass is 10.1. The van der Waals surface area contributed by atoms with Gasteiger partial charge in [-0.2, -0.15) is 0 Å². The molecule has 0 spiro atoms. The third-order valence-corrected chi connectivity index (χ3v) is 4.89. The second-order valence-electron chi connectivity index (χ2n) is 6.62. The van der Waals surface area contributed by atoms with Gasteiger partial charge in [0.1, 0.15) is 5.82 Å². The highest BCUT2D eigenvalue weighted by Gasteiger charge is 2.18. The number of nitrogens with one attached hydrogen (secondary N) is 2. The number of aromatic nitrogens is 5. The van der Waals surface area contributed by atoms with Crippen LogP contribution in [0.2, 0.25) is 0 Å². The van der Waals surface area contributed by atoms with Gasteiger partial charge >= 0.3 is 0 Å². The van der Waals surface area contributed by atoms with E-state index in [1.54, 1.807) is 6.20 Å². The number of para-hydroxylation sites is 2. The standard InChI is InChI=1S/C18H23N7O/c1-13-21-15-4-2-3-5-17(15)24(13)11-10-20-18(26)16-12-25(23-22-16)14-6-8-19-9-7-14/h2-5,12,14,19H,6-11H2,1H3,(H,20,26). The average Bonchev–Trinajstić information content (AvgIpc) is 3.28. The monoisotopic (exact) mass is 353 g/mol. The van der Waals surface area contributed by atoms with Crippen LogP contribution in [0.15, 0.2) is 30.5 Å². The summed E-state index contributed by atoms with van der Waals surface area (Å²) in [4.78, 5) is 16.9. The maximum Gasteiger partial charge on any atom is 0.273 e. The number of nitrogens with zero attached hydrogens (tertiary/aromatic N) is 5. The third-order valence-electron chi connectivity index (χ3n) is 4.89. The highest BCUT2D eigenvalue weighted by atomic mass is 16.2. The molecule has 3 heterocycles. The van der Waals surface area contributed by atoms with E-state index < -0.39 is 0 Å². The van der Waals surface area contributed by atoms with Crippen LogP contribution in [0.4, 0.5) is 0 Å². The summed E-state index contributed by atoms with van der Waals surface area (Å²) in [6.07, 6.45) is 3.78. The highest BCUT2D eigenvalue weighted by Crippen LogP contribution is 2.17. The number of amides is 1. The van der Waals surface area contributed by atoms with Crippen LogP contribution in [0.3, 0.4) is 0 Å². The summed E-state index contributed by atoms with van der Waals surface area (Å²) in [6, 6.07) is 8.34. The molecule has 4 rings (SSSR count). The Morgan fingerprint density at radius 3 is 2.96 bits per heavy atom. The van der Waals surface area contributed by atoms with Crippen molar-refractivity contribution in [1.82, 2.24) is 35.2 Å². The molecular formula is C18H23N7O. The van der Waals surface area contributed by atoms with E-state index in [1.165, 1.54) is 0 Å². The van der Waals surface area contributed by atoms with Gasteiger partial charge in [-0.25, -0.2) is 9.67 Å². The predicted molar refractivity (Wildman–Crippen MR) is 98.0 cm³/mol. The van der Waals surface area contributed by atoms with Gasteiger partial charge < -0.3 is 15.2 Å². The molecule has 1 aliphatic heterocycles. The number of fused-ring (bicyclic) bond motifs is 1. The third kappa shape index (κ3) is 3.32. The quantitative estimate of drug-likeness (QED) is 0.721. The molecule has 0 aliphatic carbocycles. The fraction of sp³-hybridized carbons (Fsp3) is 0.444. The summed E-state index contributed by atoms with van der Waals surface area (Å²) in [5.41, 5.74) is 2.42. The summed E-state index contributed by atoms with van der Waals surface area (Å²) in [6.45, 7) is 5.11. The van der Waals surface area contributed by atoms with Crippen LogP contribution in [0.5, 0.6) is 0 Å². The number of piperidine rings is 1. The summed E-state index contributed by atoms with van der Waals surface area (Å²) in [5, 5.41) is 14.4. The van der Waals surface area contributed by atoms with Crippen LogP contribution in [-0.2, 0) is 6.54 Å². The van der Waals surface area contributed by atoms with E-state index in [0.29, 0.717) is 24.8 Å². The number of aryl methyl sites for hydroxylation is 1. The Morgan fingerprint density at radius 1 is 1.31 bits per heavy atom. The topological polar surface area (TPSA) is 89.7 Å². The summed E-state index contributed by atoms with van der Waals surface area (Å²) < 4.78 is 3.94. The Balaban J connectivity index is 1.36. The molecule has 8 nitrogen and oxygen atoms in total.